The molecule has 0 saturated heterocycles. The molecule has 1 unspecified atom stereocenters. The lowest BCUT2D eigenvalue weighted by molar-refractivity contribution is 0.504. The van der Waals surface area contributed by atoms with Crippen LogP contribution in [0.1, 0.15) is 23.6 Å². The van der Waals surface area contributed by atoms with Crippen LogP contribution in [-0.4, -0.2) is 4.98 Å². The van der Waals surface area contributed by atoms with Gasteiger partial charge in [0.05, 0.1) is 0 Å². The molecule has 0 fully saturated rings. The van der Waals surface area contributed by atoms with Gasteiger partial charge in [-0.2, -0.15) is 0 Å². The minimum absolute atomic E-state index is 0.305. The lowest BCUT2D eigenvalue weighted by Gasteiger charge is -2.12. The number of halogens is 2. The molecule has 0 spiro atoms. The molecule has 2 aromatic rings. The number of aryl methyl sites for hydroxylation is 1. The van der Waals surface area contributed by atoms with E-state index in [1.54, 1.807) is 12.4 Å². The van der Waals surface area contributed by atoms with Gasteiger partial charge in [-0.05, 0) is 42.2 Å². The highest BCUT2D eigenvalue weighted by Crippen LogP contribution is 2.18. The lowest BCUT2D eigenvalue weighted by Crippen LogP contribution is -2.12. The molecule has 0 aliphatic heterocycles. The van der Waals surface area contributed by atoms with Crippen molar-refractivity contribution in [2.75, 3.05) is 0 Å². The van der Waals surface area contributed by atoms with Gasteiger partial charge in [-0.15, -0.1) is 0 Å². The Kier molecular flexibility index (Phi) is 3.99. The van der Waals surface area contributed by atoms with Crippen molar-refractivity contribution in [3.05, 3.63) is 65.5 Å². The predicted molar refractivity (Wildman–Crippen MR) is 65.8 cm³/mol. The van der Waals surface area contributed by atoms with E-state index in [4.69, 9.17) is 5.73 Å². The van der Waals surface area contributed by atoms with Crippen molar-refractivity contribution in [1.29, 1.82) is 0 Å². The van der Waals surface area contributed by atoms with Crippen LogP contribution in [0.4, 0.5) is 8.78 Å². The Bertz CT molecular complexity index is 514. The van der Waals surface area contributed by atoms with Crippen LogP contribution in [0.5, 0.6) is 0 Å². The minimum Gasteiger partial charge on any atom is -0.324 e. The third-order valence-electron chi connectivity index (χ3n) is 2.84. The molecule has 0 saturated carbocycles. The number of rotatable bonds is 4. The average Bonchev–Trinajstić information content (AvgIpc) is 2.40. The van der Waals surface area contributed by atoms with Crippen molar-refractivity contribution in [2.24, 2.45) is 5.73 Å². The third-order valence-corrected chi connectivity index (χ3v) is 2.84. The SMILES string of the molecule is NC(CCc1cccnc1)c1ccc(F)c(F)c1. The van der Waals surface area contributed by atoms with Gasteiger partial charge in [-0.3, -0.25) is 4.98 Å². The molecular weight excluding hydrogens is 234 g/mol. The zero-order valence-electron chi connectivity index (χ0n) is 9.81. The quantitative estimate of drug-likeness (QED) is 0.903. The monoisotopic (exact) mass is 248 g/mol. The highest BCUT2D eigenvalue weighted by molar-refractivity contribution is 5.21. The Labute approximate surface area is 104 Å². The minimum atomic E-state index is -0.857. The van der Waals surface area contributed by atoms with Crippen LogP contribution >= 0.6 is 0 Å². The van der Waals surface area contributed by atoms with Crippen molar-refractivity contribution in [3.8, 4) is 0 Å². The van der Waals surface area contributed by atoms with Crippen molar-refractivity contribution >= 4 is 0 Å². The molecule has 2 N–H and O–H groups in total. The van der Waals surface area contributed by atoms with Crippen molar-refractivity contribution < 1.29 is 8.78 Å². The average molecular weight is 248 g/mol. The van der Waals surface area contributed by atoms with Gasteiger partial charge >= 0.3 is 0 Å². The second-order valence-electron chi connectivity index (χ2n) is 4.18. The molecule has 0 aliphatic carbocycles. The first-order valence-electron chi connectivity index (χ1n) is 5.76. The maximum absolute atomic E-state index is 13.1. The van der Waals surface area contributed by atoms with Gasteiger partial charge in [-0.25, -0.2) is 8.78 Å². The van der Waals surface area contributed by atoms with Crippen LogP contribution in [0.25, 0.3) is 0 Å². The fourth-order valence-electron chi connectivity index (χ4n) is 1.78. The van der Waals surface area contributed by atoms with E-state index in [0.717, 1.165) is 24.1 Å². The van der Waals surface area contributed by atoms with Crippen molar-refractivity contribution in [2.45, 2.75) is 18.9 Å². The van der Waals surface area contributed by atoms with Crippen LogP contribution in [-0.2, 0) is 6.42 Å². The molecule has 1 heterocycles. The molecule has 0 bridgehead atoms. The van der Waals surface area contributed by atoms with E-state index in [9.17, 15) is 8.78 Å². The lowest BCUT2D eigenvalue weighted by atomic mass is 10.0. The summed E-state index contributed by atoms with van der Waals surface area (Å²) in [4.78, 5) is 4.01. The smallest absolute Gasteiger partial charge is 0.159 e. The van der Waals surface area contributed by atoms with Gasteiger partial charge in [0.1, 0.15) is 0 Å². The van der Waals surface area contributed by atoms with Gasteiger partial charge in [0.25, 0.3) is 0 Å². The molecule has 1 atom stereocenters. The summed E-state index contributed by atoms with van der Waals surface area (Å²) in [5.41, 5.74) is 7.64. The summed E-state index contributed by atoms with van der Waals surface area (Å²) in [5, 5.41) is 0. The summed E-state index contributed by atoms with van der Waals surface area (Å²) in [6, 6.07) is 7.30. The van der Waals surface area contributed by atoms with Gasteiger partial charge in [0.2, 0.25) is 0 Å². The molecule has 0 radical (unpaired) electrons. The summed E-state index contributed by atoms with van der Waals surface area (Å²) in [6.45, 7) is 0. The van der Waals surface area contributed by atoms with E-state index in [1.165, 1.54) is 6.07 Å². The first kappa shape index (κ1) is 12.6. The summed E-state index contributed by atoms with van der Waals surface area (Å²) in [5.74, 6) is -1.71. The zero-order valence-corrected chi connectivity index (χ0v) is 9.81. The molecule has 2 rings (SSSR count). The Balaban J connectivity index is 1.99. The van der Waals surface area contributed by atoms with Crippen LogP contribution in [0.2, 0.25) is 0 Å². The van der Waals surface area contributed by atoms with Gasteiger partial charge in [0, 0.05) is 18.4 Å². The maximum Gasteiger partial charge on any atom is 0.159 e. The van der Waals surface area contributed by atoms with E-state index >= 15 is 0 Å². The number of hydrogen-bond acceptors (Lipinski definition) is 2. The summed E-state index contributed by atoms with van der Waals surface area (Å²) < 4.78 is 25.9. The standard InChI is InChI=1S/C14H14F2N2/c15-12-5-4-11(8-13(12)16)14(17)6-3-10-2-1-7-18-9-10/h1-2,4-5,7-9,14H,3,6,17H2. The third kappa shape index (κ3) is 3.11. The first-order chi connectivity index (χ1) is 8.66. The molecule has 0 amide bonds. The fraction of sp³-hybridized carbons (Fsp3) is 0.214. The summed E-state index contributed by atoms with van der Waals surface area (Å²) >= 11 is 0. The first-order valence-corrected chi connectivity index (χ1v) is 5.76. The maximum atomic E-state index is 13.1. The van der Waals surface area contributed by atoms with Gasteiger partial charge < -0.3 is 5.73 Å². The second kappa shape index (κ2) is 5.69. The fourth-order valence-corrected chi connectivity index (χ4v) is 1.78. The normalized spacial score (nSPS) is 12.4. The molecule has 1 aromatic carbocycles. The predicted octanol–water partition coefficient (Wildman–Crippen LogP) is 2.99. The number of nitrogens with two attached hydrogens (primary N) is 1. The number of aromatic nitrogens is 1. The van der Waals surface area contributed by atoms with Gasteiger partial charge in [0.15, 0.2) is 11.6 Å². The molecular formula is C14H14F2N2. The molecule has 4 heteroatoms. The summed E-state index contributed by atoms with van der Waals surface area (Å²) in [6.07, 6.45) is 4.90. The van der Waals surface area contributed by atoms with Gasteiger partial charge in [-0.1, -0.05) is 12.1 Å². The Morgan fingerprint density at radius 2 is 2.00 bits per heavy atom. The van der Waals surface area contributed by atoms with Crippen molar-refractivity contribution in [1.82, 2.24) is 4.98 Å². The van der Waals surface area contributed by atoms with Crippen molar-refractivity contribution in [3.63, 3.8) is 0 Å². The Morgan fingerprint density at radius 1 is 1.17 bits per heavy atom. The zero-order chi connectivity index (χ0) is 13.0. The van der Waals surface area contributed by atoms with E-state index in [0.29, 0.717) is 12.0 Å². The van der Waals surface area contributed by atoms with E-state index in [2.05, 4.69) is 4.98 Å². The highest BCUT2D eigenvalue weighted by Gasteiger charge is 2.09. The van der Waals surface area contributed by atoms with Crippen LogP contribution in [0.15, 0.2) is 42.7 Å². The van der Waals surface area contributed by atoms with E-state index in [1.807, 2.05) is 12.1 Å². The second-order valence-corrected chi connectivity index (χ2v) is 4.18. The molecule has 2 nitrogen and oxygen atoms in total. The molecule has 94 valence electrons. The summed E-state index contributed by atoms with van der Waals surface area (Å²) in [7, 11) is 0. The molecule has 1 aromatic heterocycles. The number of benzene rings is 1. The molecule has 18 heavy (non-hydrogen) atoms. The van der Waals surface area contributed by atoms with Crippen LogP contribution in [0.3, 0.4) is 0 Å². The largest absolute Gasteiger partial charge is 0.324 e. The van der Waals surface area contributed by atoms with Crippen LogP contribution in [0, 0.1) is 11.6 Å². The molecule has 0 aliphatic rings. The highest BCUT2D eigenvalue weighted by atomic mass is 19.2. The topological polar surface area (TPSA) is 38.9 Å². The number of nitrogens with zero attached hydrogens (tertiary/aromatic N) is 1. The number of pyridine rings is 1. The Morgan fingerprint density at radius 3 is 2.67 bits per heavy atom. The number of hydrogen-bond donors (Lipinski definition) is 1. The van der Waals surface area contributed by atoms with E-state index in [-0.39, 0.29) is 6.04 Å². The Hall–Kier alpha value is -1.81. The van der Waals surface area contributed by atoms with E-state index < -0.39 is 11.6 Å². The van der Waals surface area contributed by atoms with Crippen LogP contribution < -0.4 is 5.73 Å².